The molecule has 0 amide bonds. The Kier molecular flexibility index (Phi) is 4.24. The number of methoxy groups -OCH3 is 1. The normalized spacial score (nSPS) is 24.4. The molecule has 3 heteroatoms. The number of nitrogens with zero attached hydrogens (tertiary/aromatic N) is 1. The number of ether oxygens (including phenoxy) is 1. The second kappa shape index (κ2) is 5.89. The van der Waals surface area contributed by atoms with Crippen LogP contribution in [-0.4, -0.2) is 18.1 Å². The summed E-state index contributed by atoms with van der Waals surface area (Å²) in [5.74, 6) is 1.49. The molecule has 0 aromatic carbocycles. The van der Waals surface area contributed by atoms with Gasteiger partial charge in [-0.15, -0.1) is 0 Å². The van der Waals surface area contributed by atoms with Crippen molar-refractivity contribution in [3.8, 4) is 5.88 Å². The Labute approximate surface area is 104 Å². The second-order valence-corrected chi connectivity index (χ2v) is 4.76. The quantitative estimate of drug-likeness (QED) is 0.866. The van der Waals surface area contributed by atoms with E-state index < -0.39 is 0 Å². The van der Waals surface area contributed by atoms with E-state index in [9.17, 15) is 0 Å². The predicted octanol–water partition coefficient (Wildman–Crippen LogP) is 3.47. The summed E-state index contributed by atoms with van der Waals surface area (Å²) in [6, 6.07) is 4.58. The highest BCUT2D eigenvalue weighted by molar-refractivity contribution is 5.52. The first-order valence-electron chi connectivity index (χ1n) is 6.60. The van der Waals surface area contributed by atoms with Gasteiger partial charge in [0, 0.05) is 12.2 Å². The molecule has 0 saturated heterocycles. The summed E-state index contributed by atoms with van der Waals surface area (Å²) in [7, 11) is 1.67. The molecule has 0 radical (unpaired) electrons. The molecule has 94 valence electrons. The standard InChI is InChI=1S/C14H22N2O/c1-3-11-7-4-5-8-12(11)16-13-9-6-10-15-14(13)17-2/h6,9-12,16H,3-5,7-8H2,1-2H3. The molecule has 1 aliphatic rings. The summed E-state index contributed by atoms with van der Waals surface area (Å²) in [4.78, 5) is 4.23. The lowest BCUT2D eigenvalue weighted by Crippen LogP contribution is -2.31. The van der Waals surface area contributed by atoms with Crippen LogP contribution in [0.3, 0.4) is 0 Å². The van der Waals surface area contributed by atoms with Gasteiger partial charge in [0.25, 0.3) is 0 Å². The van der Waals surface area contributed by atoms with Gasteiger partial charge < -0.3 is 10.1 Å². The number of pyridine rings is 1. The largest absolute Gasteiger partial charge is 0.480 e. The molecule has 1 aromatic heterocycles. The highest BCUT2D eigenvalue weighted by Crippen LogP contribution is 2.31. The van der Waals surface area contributed by atoms with Crippen LogP contribution in [0.25, 0.3) is 0 Å². The molecule has 1 aliphatic carbocycles. The third kappa shape index (κ3) is 2.90. The maximum absolute atomic E-state index is 5.28. The highest BCUT2D eigenvalue weighted by atomic mass is 16.5. The number of rotatable bonds is 4. The summed E-state index contributed by atoms with van der Waals surface area (Å²) < 4.78 is 5.28. The van der Waals surface area contributed by atoms with E-state index in [1.54, 1.807) is 13.3 Å². The highest BCUT2D eigenvalue weighted by Gasteiger charge is 2.24. The zero-order valence-corrected chi connectivity index (χ0v) is 10.8. The molecule has 2 unspecified atom stereocenters. The van der Waals surface area contributed by atoms with Gasteiger partial charge in [-0.1, -0.05) is 26.2 Å². The first-order valence-corrected chi connectivity index (χ1v) is 6.60. The molecule has 1 fully saturated rings. The minimum atomic E-state index is 0.576. The molecule has 1 aromatic rings. The molecular formula is C14H22N2O. The van der Waals surface area contributed by atoms with E-state index >= 15 is 0 Å². The Balaban J connectivity index is 2.08. The van der Waals surface area contributed by atoms with Gasteiger partial charge in [-0.05, 0) is 30.9 Å². The zero-order chi connectivity index (χ0) is 12.1. The Bertz CT molecular complexity index is 354. The number of hydrogen-bond donors (Lipinski definition) is 1. The van der Waals surface area contributed by atoms with Gasteiger partial charge in [0.05, 0.1) is 12.8 Å². The van der Waals surface area contributed by atoms with Crippen molar-refractivity contribution in [2.24, 2.45) is 5.92 Å². The van der Waals surface area contributed by atoms with Crippen LogP contribution in [-0.2, 0) is 0 Å². The van der Waals surface area contributed by atoms with Crippen molar-refractivity contribution in [1.82, 2.24) is 4.98 Å². The van der Waals surface area contributed by atoms with Crippen molar-refractivity contribution in [3.05, 3.63) is 18.3 Å². The monoisotopic (exact) mass is 234 g/mol. The van der Waals surface area contributed by atoms with Crippen LogP contribution < -0.4 is 10.1 Å². The van der Waals surface area contributed by atoms with Gasteiger partial charge >= 0.3 is 0 Å². The number of hydrogen-bond acceptors (Lipinski definition) is 3. The predicted molar refractivity (Wildman–Crippen MR) is 70.4 cm³/mol. The summed E-state index contributed by atoms with van der Waals surface area (Å²) in [5, 5.41) is 3.61. The molecular weight excluding hydrogens is 212 g/mol. The minimum Gasteiger partial charge on any atom is -0.480 e. The summed E-state index contributed by atoms with van der Waals surface area (Å²) in [5.41, 5.74) is 1.03. The average Bonchev–Trinajstić information content (AvgIpc) is 2.40. The van der Waals surface area contributed by atoms with E-state index in [2.05, 4.69) is 17.2 Å². The van der Waals surface area contributed by atoms with Gasteiger partial charge in [-0.2, -0.15) is 0 Å². The summed E-state index contributed by atoms with van der Waals surface area (Å²) in [6.07, 6.45) is 8.33. The fourth-order valence-electron chi connectivity index (χ4n) is 2.75. The van der Waals surface area contributed by atoms with Crippen molar-refractivity contribution in [2.45, 2.75) is 45.1 Å². The summed E-state index contributed by atoms with van der Waals surface area (Å²) in [6.45, 7) is 2.28. The first kappa shape index (κ1) is 12.2. The molecule has 1 heterocycles. The molecule has 3 nitrogen and oxygen atoms in total. The molecule has 1 N–H and O–H groups in total. The van der Waals surface area contributed by atoms with Crippen molar-refractivity contribution in [3.63, 3.8) is 0 Å². The topological polar surface area (TPSA) is 34.2 Å². The Hall–Kier alpha value is -1.25. The van der Waals surface area contributed by atoms with E-state index in [0.717, 1.165) is 11.6 Å². The van der Waals surface area contributed by atoms with E-state index in [4.69, 9.17) is 4.74 Å². The van der Waals surface area contributed by atoms with Crippen molar-refractivity contribution >= 4 is 5.69 Å². The average molecular weight is 234 g/mol. The molecule has 0 spiro atoms. The Morgan fingerprint density at radius 2 is 2.24 bits per heavy atom. The lowest BCUT2D eigenvalue weighted by molar-refractivity contribution is 0.315. The number of aromatic nitrogens is 1. The third-order valence-electron chi connectivity index (χ3n) is 3.74. The molecule has 0 bridgehead atoms. The van der Waals surface area contributed by atoms with Crippen molar-refractivity contribution in [1.29, 1.82) is 0 Å². The third-order valence-corrected chi connectivity index (χ3v) is 3.74. The Morgan fingerprint density at radius 1 is 1.41 bits per heavy atom. The summed E-state index contributed by atoms with van der Waals surface area (Å²) >= 11 is 0. The number of nitrogens with one attached hydrogen (secondary N) is 1. The second-order valence-electron chi connectivity index (χ2n) is 4.76. The van der Waals surface area contributed by atoms with Gasteiger partial charge in [0.15, 0.2) is 0 Å². The molecule has 2 atom stereocenters. The van der Waals surface area contributed by atoms with Crippen LogP contribution >= 0.6 is 0 Å². The maximum atomic E-state index is 5.28. The van der Waals surface area contributed by atoms with Crippen LogP contribution in [0, 0.1) is 5.92 Å². The van der Waals surface area contributed by atoms with Crippen LogP contribution in [0.4, 0.5) is 5.69 Å². The van der Waals surface area contributed by atoms with Crippen LogP contribution in [0.1, 0.15) is 39.0 Å². The lowest BCUT2D eigenvalue weighted by atomic mass is 9.83. The lowest BCUT2D eigenvalue weighted by Gasteiger charge is -2.32. The van der Waals surface area contributed by atoms with Crippen LogP contribution in [0.15, 0.2) is 18.3 Å². The minimum absolute atomic E-state index is 0.576. The zero-order valence-electron chi connectivity index (χ0n) is 10.8. The molecule has 2 rings (SSSR count). The Morgan fingerprint density at radius 3 is 3.00 bits per heavy atom. The molecule has 1 saturated carbocycles. The fraction of sp³-hybridized carbons (Fsp3) is 0.643. The van der Waals surface area contributed by atoms with E-state index in [-0.39, 0.29) is 0 Å². The van der Waals surface area contributed by atoms with Crippen molar-refractivity contribution in [2.75, 3.05) is 12.4 Å². The van der Waals surface area contributed by atoms with Gasteiger partial charge in [0.2, 0.25) is 5.88 Å². The van der Waals surface area contributed by atoms with E-state index in [1.807, 2.05) is 12.1 Å². The van der Waals surface area contributed by atoms with Gasteiger partial charge in [-0.25, -0.2) is 4.98 Å². The smallest absolute Gasteiger partial charge is 0.237 e. The van der Waals surface area contributed by atoms with E-state index in [1.165, 1.54) is 32.1 Å². The fourth-order valence-corrected chi connectivity index (χ4v) is 2.75. The van der Waals surface area contributed by atoms with Crippen molar-refractivity contribution < 1.29 is 4.74 Å². The first-order chi connectivity index (χ1) is 8.35. The van der Waals surface area contributed by atoms with E-state index in [0.29, 0.717) is 11.9 Å². The SMILES string of the molecule is CCC1CCCCC1Nc1cccnc1OC. The molecule has 17 heavy (non-hydrogen) atoms. The van der Waals surface area contributed by atoms with Gasteiger partial charge in [-0.3, -0.25) is 0 Å². The number of anilines is 1. The van der Waals surface area contributed by atoms with Gasteiger partial charge in [0.1, 0.15) is 0 Å². The molecule has 0 aliphatic heterocycles. The maximum Gasteiger partial charge on any atom is 0.237 e. The van der Waals surface area contributed by atoms with Crippen LogP contribution in [0.2, 0.25) is 0 Å². The van der Waals surface area contributed by atoms with Crippen LogP contribution in [0.5, 0.6) is 5.88 Å².